The van der Waals surface area contributed by atoms with Gasteiger partial charge in [-0.3, -0.25) is 14.1 Å². The smallest absolute Gasteiger partial charge is 0.258 e. The molecule has 0 aliphatic carbocycles. The summed E-state index contributed by atoms with van der Waals surface area (Å²) >= 11 is 1.41. The van der Waals surface area contributed by atoms with E-state index in [0.717, 1.165) is 48.0 Å². The van der Waals surface area contributed by atoms with Crippen LogP contribution in [0.15, 0.2) is 77.9 Å². The van der Waals surface area contributed by atoms with Crippen molar-refractivity contribution >= 4 is 33.6 Å². The standard InChI is InChI=1S/C29H29N7O3S/c1-39-23-7-2-4-20(18-23)26-27(40-29-31-11-9-25(38)36(26)29)24-8-10-30-28(33-24)32-21-5-3-6-22(19-21)35-14-12-34(13-15-35)16-17-37/h2-11,18-19,37H,12-17H2,1H3,(H,30,32,33). The van der Waals surface area contributed by atoms with Crippen LogP contribution in [-0.4, -0.2) is 75.8 Å². The number of piperazine rings is 1. The Labute approximate surface area is 235 Å². The van der Waals surface area contributed by atoms with Gasteiger partial charge >= 0.3 is 0 Å². The average Bonchev–Trinajstić information content (AvgIpc) is 3.39. The number of thiazole rings is 1. The number of nitrogens with one attached hydrogen (secondary N) is 1. The summed E-state index contributed by atoms with van der Waals surface area (Å²) in [6.45, 7) is 4.56. The molecule has 10 nitrogen and oxygen atoms in total. The first-order valence-electron chi connectivity index (χ1n) is 13.1. The summed E-state index contributed by atoms with van der Waals surface area (Å²) in [7, 11) is 1.62. The lowest BCUT2D eigenvalue weighted by Gasteiger charge is -2.35. The lowest BCUT2D eigenvalue weighted by atomic mass is 10.1. The van der Waals surface area contributed by atoms with Crippen molar-refractivity contribution in [2.75, 3.05) is 56.7 Å². The van der Waals surface area contributed by atoms with Gasteiger partial charge < -0.3 is 20.1 Å². The third kappa shape index (κ3) is 5.26. The topological polar surface area (TPSA) is 108 Å². The van der Waals surface area contributed by atoms with E-state index >= 15 is 0 Å². The third-order valence-electron chi connectivity index (χ3n) is 6.93. The molecule has 204 valence electrons. The highest BCUT2D eigenvalue weighted by Crippen LogP contribution is 2.38. The van der Waals surface area contributed by atoms with E-state index in [0.29, 0.717) is 34.6 Å². The van der Waals surface area contributed by atoms with Crippen molar-refractivity contribution in [2.24, 2.45) is 0 Å². The first-order valence-corrected chi connectivity index (χ1v) is 13.9. The summed E-state index contributed by atoms with van der Waals surface area (Å²) < 4.78 is 7.06. The molecule has 0 unspecified atom stereocenters. The van der Waals surface area contributed by atoms with Gasteiger partial charge in [-0.2, -0.15) is 0 Å². The zero-order valence-electron chi connectivity index (χ0n) is 22.0. The van der Waals surface area contributed by atoms with E-state index in [-0.39, 0.29) is 12.2 Å². The minimum Gasteiger partial charge on any atom is -0.497 e. The number of hydrogen-bond acceptors (Lipinski definition) is 10. The van der Waals surface area contributed by atoms with Crippen LogP contribution in [0.1, 0.15) is 0 Å². The number of aromatic nitrogens is 4. The normalized spacial score (nSPS) is 14.0. The molecule has 2 aromatic carbocycles. The van der Waals surface area contributed by atoms with Crippen LogP contribution in [0.3, 0.4) is 0 Å². The number of methoxy groups -OCH3 is 1. The quantitative estimate of drug-likeness (QED) is 0.296. The van der Waals surface area contributed by atoms with Crippen LogP contribution in [-0.2, 0) is 0 Å². The molecule has 1 fully saturated rings. The Bertz CT molecular complexity index is 1690. The van der Waals surface area contributed by atoms with Crippen LogP contribution in [0.4, 0.5) is 17.3 Å². The van der Waals surface area contributed by atoms with Gasteiger partial charge in [0.2, 0.25) is 5.95 Å². The van der Waals surface area contributed by atoms with Gasteiger partial charge in [-0.1, -0.05) is 29.5 Å². The average molecular weight is 556 g/mol. The van der Waals surface area contributed by atoms with Crippen molar-refractivity contribution in [1.82, 2.24) is 24.3 Å². The first-order chi connectivity index (χ1) is 19.6. The number of aliphatic hydroxyl groups excluding tert-OH is 1. The summed E-state index contributed by atoms with van der Waals surface area (Å²) in [6, 6.07) is 19.1. The molecule has 0 bridgehead atoms. The molecule has 1 aliphatic heterocycles. The molecule has 0 spiro atoms. The Hall–Kier alpha value is -4.32. The summed E-state index contributed by atoms with van der Waals surface area (Å²) in [5, 5.41) is 12.6. The molecule has 0 atom stereocenters. The van der Waals surface area contributed by atoms with E-state index in [2.05, 4.69) is 37.2 Å². The van der Waals surface area contributed by atoms with Crippen molar-refractivity contribution in [1.29, 1.82) is 0 Å². The van der Waals surface area contributed by atoms with Crippen LogP contribution in [0.5, 0.6) is 5.75 Å². The number of β-amino-alcohol motifs (C(OH)–C–C–N with tert-alkyl or cyclic N) is 1. The number of anilines is 3. The number of benzene rings is 2. The molecule has 0 amide bonds. The summed E-state index contributed by atoms with van der Waals surface area (Å²) in [4.78, 5) is 32.7. The molecule has 4 heterocycles. The van der Waals surface area contributed by atoms with E-state index in [1.165, 1.54) is 23.6 Å². The molecule has 1 aliphatic rings. The Morgan fingerprint density at radius 2 is 1.82 bits per heavy atom. The molecule has 2 N–H and O–H groups in total. The zero-order chi connectivity index (χ0) is 27.5. The Balaban J connectivity index is 1.32. The van der Waals surface area contributed by atoms with Gasteiger partial charge in [0.05, 0.1) is 30.0 Å². The van der Waals surface area contributed by atoms with Crippen LogP contribution in [0, 0.1) is 0 Å². The number of nitrogens with zero attached hydrogens (tertiary/aromatic N) is 6. The van der Waals surface area contributed by atoms with E-state index in [1.807, 2.05) is 42.5 Å². The molecule has 11 heteroatoms. The predicted molar refractivity (Wildman–Crippen MR) is 158 cm³/mol. The largest absolute Gasteiger partial charge is 0.497 e. The number of rotatable bonds is 8. The SMILES string of the molecule is COc1cccc(-c2c(-c3ccnc(Nc4cccc(N5CCN(CCO)CC5)c4)n3)sc3nccc(=O)n23)c1. The molecule has 3 aromatic heterocycles. The van der Waals surface area contributed by atoms with Crippen molar-refractivity contribution in [3.8, 4) is 27.6 Å². The Kier molecular flexibility index (Phi) is 7.41. The summed E-state index contributed by atoms with van der Waals surface area (Å²) in [5.74, 6) is 1.15. The maximum Gasteiger partial charge on any atom is 0.258 e. The maximum absolute atomic E-state index is 12.9. The third-order valence-corrected chi connectivity index (χ3v) is 8.01. The number of aliphatic hydroxyl groups is 1. The number of hydrogen-bond donors (Lipinski definition) is 2. The lowest BCUT2D eigenvalue weighted by Crippen LogP contribution is -2.47. The summed E-state index contributed by atoms with van der Waals surface area (Å²) in [6.07, 6.45) is 3.24. The second kappa shape index (κ2) is 11.4. The zero-order valence-corrected chi connectivity index (χ0v) is 22.8. The second-order valence-corrected chi connectivity index (χ2v) is 10.4. The van der Waals surface area contributed by atoms with Crippen LogP contribution < -0.4 is 20.5 Å². The fraction of sp³-hybridized carbons (Fsp3) is 0.241. The van der Waals surface area contributed by atoms with Gasteiger partial charge in [0.1, 0.15) is 5.75 Å². The van der Waals surface area contributed by atoms with E-state index in [1.54, 1.807) is 17.7 Å². The monoisotopic (exact) mass is 555 g/mol. The van der Waals surface area contributed by atoms with Crippen LogP contribution in [0.25, 0.3) is 26.8 Å². The van der Waals surface area contributed by atoms with Crippen molar-refractivity contribution in [2.45, 2.75) is 0 Å². The molecule has 6 rings (SSSR count). The highest BCUT2D eigenvalue weighted by molar-refractivity contribution is 7.20. The van der Waals surface area contributed by atoms with Gasteiger partial charge in [-0.15, -0.1) is 0 Å². The fourth-order valence-corrected chi connectivity index (χ4v) is 6.03. The van der Waals surface area contributed by atoms with Gasteiger partial charge in [-0.05, 0) is 36.4 Å². The van der Waals surface area contributed by atoms with Gasteiger partial charge in [-0.25, -0.2) is 15.0 Å². The maximum atomic E-state index is 12.9. The Morgan fingerprint density at radius 1 is 1.00 bits per heavy atom. The predicted octanol–water partition coefficient (Wildman–Crippen LogP) is 3.75. The summed E-state index contributed by atoms with van der Waals surface area (Å²) in [5.41, 5.74) is 4.07. The first kappa shape index (κ1) is 25.9. The minimum atomic E-state index is -0.160. The highest BCUT2D eigenvalue weighted by Gasteiger charge is 2.20. The van der Waals surface area contributed by atoms with Crippen LogP contribution >= 0.6 is 11.3 Å². The van der Waals surface area contributed by atoms with E-state index in [4.69, 9.17) is 9.72 Å². The molecule has 0 radical (unpaired) electrons. The second-order valence-electron chi connectivity index (χ2n) is 9.41. The van der Waals surface area contributed by atoms with E-state index in [9.17, 15) is 9.90 Å². The lowest BCUT2D eigenvalue weighted by molar-refractivity contribution is 0.189. The minimum absolute atomic E-state index is 0.160. The molecule has 0 saturated carbocycles. The van der Waals surface area contributed by atoms with Crippen molar-refractivity contribution in [3.05, 3.63) is 83.4 Å². The van der Waals surface area contributed by atoms with Gasteiger partial charge in [0.15, 0.2) is 4.96 Å². The highest BCUT2D eigenvalue weighted by atomic mass is 32.1. The van der Waals surface area contributed by atoms with Crippen LogP contribution in [0.2, 0.25) is 0 Å². The molecular weight excluding hydrogens is 526 g/mol. The van der Waals surface area contributed by atoms with E-state index < -0.39 is 0 Å². The molecular formula is C29H29N7O3S. The number of fused-ring (bicyclic) bond motifs is 1. The van der Waals surface area contributed by atoms with Crippen molar-refractivity contribution in [3.63, 3.8) is 0 Å². The van der Waals surface area contributed by atoms with Gasteiger partial charge in [0.25, 0.3) is 5.56 Å². The molecule has 5 aromatic rings. The fourth-order valence-electron chi connectivity index (χ4n) is 4.94. The number of ether oxygens (including phenoxy) is 1. The Morgan fingerprint density at radius 3 is 2.65 bits per heavy atom. The van der Waals surface area contributed by atoms with Gasteiger partial charge in [0, 0.05) is 68.1 Å². The molecule has 40 heavy (non-hydrogen) atoms. The molecule has 1 saturated heterocycles. The van der Waals surface area contributed by atoms with Crippen molar-refractivity contribution < 1.29 is 9.84 Å².